The largest absolute Gasteiger partial charge is 0.462 e. The maximum Gasteiger partial charge on any atom is 0.341 e. The number of fused-ring (bicyclic) bond motifs is 1. The third-order valence-electron chi connectivity index (χ3n) is 4.13. The first-order valence-corrected chi connectivity index (χ1v) is 9.84. The molecule has 2 heterocycles. The van der Waals surface area contributed by atoms with E-state index in [-0.39, 0.29) is 36.4 Å². The van der Waals surface area contributed by atoms with Crippen molar-refractivity contribution in [1.29, 1.82) is 0 Å². The summed E-state index contributed by atoms with van der Waals surface area (Å²) < 4.78 is 5.06. The highest BCUT2D eigenvalue weighted by atomic mass is 32.1. The molecule has 0 aliphatic carbocycles. The number of esters is 1. The predicted molar refractivity (Wildman–Crippen MR) is 109 cm³/mol. The quantitative estimate of drug-likeness (QED) is 0.444. The summed E-state index contributed by atoms with van der Waals surface area (Å²) >= 11 is 1.13. The summed E-state index contributed by atoms with van der Waals surface area (Å²) in [6, 6.07) is 8.17. The maximum absolute atomic E-state index is 12.6. The zero-order chi connectivity index (χ0) is 21.1. The van der Waals surface area contributed by atoms with Gasteiger partial charge in [0, 0.05) is 11.0 Å². The van der Waals surface area contributed by atoms with Crippen molar-refractivity contribution in [3.63, 3.8) is 0 Å². The number of hydrogen-bond acceptors (Lipinski definition) is 6. The number of thiophene rings is 1. The molecule has 1 N–H and O–H groups in total. The van der Waals surface area contributed by atoms with E-state index in [4.69, 9.17) is 4.74 Å². The number of carbonyl (C=O) groups is 4. The minimum atomic E-state index is -0.579. The average molecular weight is 412 g/mol. The van der Waals surface area contributed by atoms with Crippen LogP contribution in [0.25, 0.3) is 0 Å². The third-order valence-corrected chi connectivity index (χ3v) is 5.16. The fourth-order valence-corrected chi connectivity index (χ4v) is 3.96. The van der Waals surface area contributed by atoms with Crippen LogP contribution in [0.3, 0.4) is 0 Å². The van der Waals surface area contributed by atoms with Crippen molar-refractivity contribution in [3.05, 3.63) is 63.5 Å². The molecule has 8 heteroatoms. The number of nitrogens with zero attached hydrogens (tertiary/aromatic N) is 1. The van der Waals surface area contributed by atoms with E-state index in [2.05, 4.69) is 5.32 Å². The van der Waals surface area contributed by atoms with Crippen molar-refractivity contribution in [1.82, 2.24) is 4.90 Å². The second-order valence-corrected chi connectivity index (χ2v) is 7.77. The summed E-state index contributed by atoms with van der Waals surface area (Å²) in [6.45, 7) is 5.44. The normalized spacial score (nSPS) is 12.6. The SMILES string of the molecule is CCOC(=O)c1cc(CN2C(=O)c3ccccc3C2=O)sc1NC(=O)C=C(C)C. The van der Waals surface area contributed by atoms with Crippen LogP contribution in [-0.2, 0) is 16.1 Å². The molecule has 0 atom stereocenters. The lowest BCUT2D eigenvalue weighted by Gasteiger charge is -2.12. The Hall–Kier alpha value is -3.26. The van der Waals surface area contributed by atoms with Gasteiger partial charge in [0.1, 0.15) is 5.00 Å². The highest BCUT2D eigenvalue weighted by molar-refractivity contribution is 7.16. The molecule has 1 aliphatic heterocycles. The Morgan fingerprint density at radius 1 is 1.14 bits per heavy atom. The van der Waals surface area contributed by atoms with E-state index in [1.165, 1.54) is 6.08 Å². The Bertz CT molecular complexity index is 998. The van der Waals surface area contributed by atoms with E-state index >= 15 is 0 Å². The summed E-state index contributed by atoms with van der Waals surface area (Å²) in [4.78, 5) is 51.3. The minimum Gasteiger partial charge on any atom is -0.462 e. The molecule has 7 nitrogen and oxygen atoms in total. The Kier molecular flexibility index (Phi) is 5.93. The van der Waals surface area contributed by atoms with Crippen molar-refractivity contribution < 1.29 is 23.9 Å². The van der Waals surface area contributed by atoms with Crippen molar-refractivity contribution >= 4 is 40.0 Å². The van der Waals surface area contributed by atoms with Gasteiger partial charge in [0.15, 0.2) is 0 Å². The highest BCUT2D eigenvalue weighted by Gasteiger charge is 2.35. The number of benzene rings is 1. The van der Waals surface area contributed by atoms with E-state index in [9.17, 15) is 19.2 Å². The monoisotopic (exact) mass is 412 g/mol. The third kappa shape index (κ3) is 4.27. The summed E-state index contributed by atoms with van der Waals surface area (Å²) in [6.07, 6.45) is 1.42. The summed E-state index contributed by atoms with van der Waals surface area (Å²) in [5, 5.41) is 3.00. The van der Waals surface area contributed by atoms with Gasteiger partial charge in [-0.1, -0.05) is 17.7 Å². The second kappa shape index (κ2) is 8.40. The number of carbonyl (C=O) groups excluding carboxylic acids is 4. The predicted octanol–water partition coefficient (Wildman–Crippen LogP) is 3.63. The van der Waals surface area contributed by atoms with Gasteiger partial charge in [-0.15, -0.1) is 11.3 Å². The summed E-state index contributed by atoms with van der Waals surface area (Å²) in [5.41, 5.74) is 1.72. The molecule has 1 aromatic carbocycles. The number of hydrogen-bond donors (Lipinski definition) is 1. The van der Waals surface area contributed by atoms with E-state index in [0.29, 0.717) is 21.0 Å². The standard InChI is InChI=1S/C21H20N2O5S/c1-4-28-21(27)16-10-13(29-18(16)22-17(24)9-12(2)3)11-23-19(25)14-7-5-6-8-15(14)20(23)26/h5-10H,4,11H2,1-3H3,(H,22,24). The van der Waals surface area contributed by atoms with Crippen LogP contribution in [0.1, 0.15) is 56.7 Å². The topological polar surface area (TPSA) is 92.8 Å². The molecule has 0 saturated heterocycles. The molecule has 150 valence electrons. The Morgan fingerprint density at radius 2 is 1.76 bits per heavy atom. The molecule has 1 aliphatic rings. The zero-order valence-corrected chi connectivity index (χ0v) is 17.1. The van der Waals surface area contributed by atoms with Gasteiger partial charge >= 0.3 is 5.97 Å². The molecule has 0 fully saturated rings. The van der Waals surface area contributed by atoms with Crippen LogP contribution in [0.2, 0.25) is 0 Å². The van der Waals surface area contributed by atoms with Gasteiger partial charge < -0.3 is 10.1 Å². The van der Waals surface area contributed by atoms with Gasteiger partial charge in [0.2, 0.25) is 5.91 Å². The van der Waals surface area contributed by atoms with E-state index in [1.807, 2.05) is 0 Å². The van der Waals surface area contributed by atoms with Crippen LogP contribution in [0.4, 0.5) is 5.00 Å². The zero-order valence-electron chi connectivity index (χ0n) is 16.3. The van der Waals surface area contributed by atoms with Gasteiger partial charge in [-0.3, -0.25) is 19.3 Å². The van der Waals surface area contributed by atoms with Gasteiger partial charge in [0.05, 0.1) is 29.8 Å². The molecular weight excluding hydrogens is 392 g/mol. The molecule has 2 aromatic rings. The molecular formula is C21H20N2O5S. The average Bonchev–Trinajstić information content (AvgIpc) is 3.16. The molecule has 0 bridgehead atoms. The summed E-state index contributed by atoms with van der Waals surface area (Å²) in [7, 11) is 0. The van der Waals surface area contributed by atoms with Crippen molar-refractivity contribution in [2.75, 3.05) is 11.9 Å². The molecule has 0 spiro atoms. The highest BCUT2D eigenvalue weighted by Crippen LogP contribution is 2.32. The lowest BCUT2D eigenvalue weighted by atomic mass is 10.1. The number of nitrogens with one attached hydrogen (secondary N) is 1. The van der Waals surface area contributed by atoms with Crippen LogP contribution in [0.15, 0.2) is 42.0 Å². The van der Waals surface area contributed by atoms with Gasteiger partial charge in [0.25, 0.3) is 11.8 Å². The van der Waals surface area contributed by atoms with E-state index in [0.717, 1.165) is 21.8 Å². The van der Waals surface area contributed by atoms with Gasteiger partial charge in [-0.25, -0.2) is 4.79 Å². The summed E-state index contributed by atoms with van der Waals surface area (Å²) in [5.74, 6) is -1.71. The molecule has 3 amide bonds. The fourth-order valence-electron chi connectivity index (χ4n) is 2.92. The van der Waals surface area contributed by atoms with Crippen molar-refractivity contribution in [2.45, 2.75) is 27.3 Å². The number of amides is 3. The smallest absolute Gasteiger partial charge is 0.341 e. The van der Waals surface area contributed by atoms with Crippen molar-refractivity contribution in [3.8, 4) is 0 Å². The van der Waals surface area contributed by atoms with Crippen LogP contribution in [0, 0.1) is 0 Å². The maximum atomic E-state index is 12.6. The first-order chi connectivity index (χ1) is 13.8. The Labute approximate surface area is 172 Å². The van der Waals surface area contributed by atoms with E-state index < -0.39 is 5.97 Å². The molecule has 3 rings (SSSR count). The molecule has 0 radical (unpaired) electrons. The van der Waals surface area contributed by atoms with E-state index in [1.54, 1.807) is 51.1 Å². The number of rotatable bonds is 6. The molecule has 1 aromatic heterocycles. The van der Waals surface area contributed by atoms with Gasteiger partial charge in [-0.2, -0.15) is 0 Å². The number of ether oxygens (including phenoxy) is 1. The van der Waals surface area contributed by atoms with Crippen LogP contribution in [-0.4, -0.2) is 35.2 Å². The number of allylic oxidation sites excluding steroid dienone is 1. The number of imide groups is 1. The number of anilines is 1. The van der Waals surface area contributed by atoms with Crippen molar-refractivity contribution in [2.24, 2.45) is 0 Å². The molecule has 0 unspecified atom stereocenters. The van der Waals surface area contributed by atoms with Gasteiger partial charge in [-0.05, 0) is 39.0 Å². The Balaban J connectivity index is 1.88. The lowest BCUT2D eigenvalue weighted by Crippen LogP contribution is -2.28. The van der Waals surface area contributed by atoms with Crippen LogP contribution < -0.4 is 5.32 Å². The molecule has 0 saturated carbocycles. The van der Waals surface area contributed by atoms with Crippen LogP contribution >= 0.6 is 11.3 Å². The second-order valence-electron chi connectivity index (χ2n) is 6.63. The molecule has 29 heavy (non-hydrogen) atoms. The van der Waals surface area contributed by atoms with Crippen LogP contribution in [0.5, 0.6) is 0 Å². The first-order valence-electron chi connectivity index (χ1n) is 9.02. The minimum absolute atomic E-state index is 0.00192. The fraction of sp³-hybridized carbons (Fsp3) is 0.238. The first kappa shape index (κ1) is 20.5. The Morgan fingerprint density at radius 3 is 2.31 bits per heavy atom. The lowest BCUT2D eigenvalue weighted by molar-refractivity contribution is -0.111.